The molecular formula is C18H17ClN6O2S. The number of thioether (sulfide) groups is 1. The molecule has 3 rings (SSSR count). The van der Waals surface area contributed by atoms with Crippen molar-refractivity contribution in [1.82, 2.24) is 15.0 Å². The lowest BCUT2D eigenvalue weighted by molar-refractivity contribution is -0.113. The number of aryl methyl sites for hydroxylation is 1. The highest BCUT2D eigenvalue weighted by Crippen LogP contribution is 2.32. The summed E-state index contributed by atoms with van der Waals surface area (Å²) in [5.74, 6) is 0.866. The first-order chi connectivity index (χ1) is 13.4. The molecule has 0 saturated heterocycles. The Labute approximate surface area is 170 Å². The van der Waals surface area contributed by atoms with E-state index in [4.69, 9.17) is 27.8 Å². The van der Waals surface area contributed by atoms with E-state index in [0.29, 0.717) is 22.2 Å². The fraction of sp³-hybridized carbons (Fsp3) is 0.111. The van der Waals surface area contributed by atoms with Gasteiger partial charge in [-0.2, -0.15) is 15.0 Å². The number of hydrogen-bond donors (Lipinski definition) is 3. The number of rotatable bonds is 6. The van der Waals surface area contributed by atoms with E-state index in [9.17, 15) is 4.79 Å². The molecule has 0 saturated carbocycles. The van der Waals surface area contributed by atoms with E-state index >= 15 is 0 Å². The molecule has 1 heterocycles. The van der Waals surface area contributed by atoms with Crippen LogP contribution in [-0.4, -0.2) is 26.6 Å². The molecule has 8 nitrogen and oxygen atoms in total. The summed E-state index contributed by atoms with van der Waals surface area (Å²) in [6.45, 7) is 1.99. The van der Waals surface area contributed by atoms with Gasteiger partial charge in [0.1, 0.15) is 5.75 Å². The minimum atomic E-state index is -0.293. The Morgan fingerprint density at radius 2 is 1.79 bits per heavy atom. The first-order valence-electron chi connectivity index (χ1n) is 8.13. The Morgan fingerprint density at radius 1 is 1.11 bits per heavy atom. The third-order valence-corrected chi connectivity index (χ3v) is 4.53. The van der Waals surface area contributed by atoms with Crippen molar-refractivity contribution in [3.63, 3.8) is 0 Å². The molecular weight excluding hydrogens is 400 g/mol. The molecule has 0 aliphatic rings. The summed E-state index contributed by atoms with van der Waals surface area (Å²) in [5, 5.41) is 3.52. The number of nitrogens with zero attached hydrogens (tertiary/aromatic N) is 3. The predicted molar refractivity (Wildman–Crippen MR) is 111 cm³/mol. The van der Waals surface area contributed by atoms with Gasteiger partial charge < -0.3 is 21.5 Å². The van der Waals surface area contributed by atoms with Gasteiger partial charge in [-0.05, 0) is 37.3 Å². The Balaban J connectivity index is 1.69. The van der Waals surface area contributed by atoms with Crippen LogP contribution in [0.2, 0.25) is 5.02 Å². The van der Waals surface area contributed by atoms with E-state index in [2.05, 4.69) is 20.3 Å². The number of carbonyl (C=O) groups is 1. The van der Waals surface area contributed by atoms with Crippen LogP contribution in [0.4, 0.5) is 17.6 Å². The van der Waals surface area contributed by atoms with Crippen LogP contribution in [0.25, 0.3) is 0 Å². The van der Waals surface area contributed by atoms with Crippen molar-refractivity contribution in [3.8, 4) is 11.5 Å². The summed E-state index contributed by atoms with van der Waals surface area (Å²) < 4.78 is 5.87. The van der Waals surface area contributed by atoms with Crippen molar-refractivity contribution in [2.24, 2.45) is 0 Å². The molecule has 0 aliphatic heterocycles. The van der Waals surface area contributed by atoms with Crippen LogP contribution in [0.5, 0.6) is 11.5 Å². The van der Waals surface area contributed by atoms with E-state index < -0.39 is 0 Å². The molecule has 0 atom stereocenters. The molecule has 0 aliphatic carbocycles. The number of aromatic nitrogens is 3. The van der Waals surface area contributed by atoms with E-state index in [0.717, 1.165) is 17.3 Å². The summed E-state index contributed by atoms with van der Waals surface area (Å²) in [7, 11) is 0. The predicted octanol–water partition coefficient (Wildman–Crippen LogP) is 3.52. The van der Waals surface area contributed by atoms with Crippen LogP contribution in [0, 0.1) is 6.92 Å². The lowest BCUT2D eigenvalue weighted by Crippen LogP contribution is -2.15. The number of nitrogens with two attached hydrogens (primary N) is 2. The summed E-state index contributed by atoms with van der Waals surface area (Å²) in [5.41, 5.74) is 12.6. The van der Waals surface area contributed by atoms with Gasteiger partial charge in [0.15, 0.2) is 10.9 Å². The van der Waals surface area contributed by atoms with Crippen molar-refractivity contribution in [2.45, 2.75) is 12.1 Å². The number of nitrogen functional groups attached to an aromatic ring is 2. The van der Waals surface area contributed by atoms with Crippen molar-refractivity contribution in [2.75, 3.05) is 22.5 Å². The zero-order chi connectivity index (χ0) is 20.1. The highest BCUT2D eigenvalue weighted by atomic mass is 35.5. The molecule has 0 radical (unpaired) electrons. The van der Waals surface area contributed by atoms with Crippen molar-refractivity contribution in [3.05, 3.63) is 53.1 Å². The van der Waals surface area contributed by atoms with Gasteiger partial charge in [0, 0.05) is 5.02 Å². The van der Waals surface area contributed by atoms with Gasteiger partial charge in [-0.1, -0.05) is 41.1 Å². The van der Waals surface area contributed by atoms with E-state index in [1.807, 2.05) is 31.2 Å². The summed E-state index contributed by atoms with van der Waals surface area (Å²) in [4.78, 5) is 23.9. The number of ether oxygens (including phenoxy) is 1. The molecule has 2 aromatic carbocycles. The number of anilines is 3. The molecule has 28 heavy (non-hydrogen) atoms. The van der Waals surface area contributed by atoms with Crippen molar-refractivity contribution >= 4 is 46.9 Å². The molecule has 0 fully saturated rings. The first kappa shape index (κ1) is 19.7. The second kappa shape index (κ2) is 8.77. The van der Waals surface area contributed by atoms with Crippen LogP contribution >= 0.6 is 23.4 Å². The van der Waals surface area contributed by atoms with Crippen LogP contribution in [0.3, 0.4) is 0 Å². The number of halogens is 1. The molecule has 0 bridgehead atoms. The molecule has 0 spiro atoms. The number of nitrogens with one attached hydrogen (secondary N) is 1. The Hall–Kier alpha value is -3.04. The highest BCUT2D eigenvalue weighted by Gasteiger charge is 2.12. The lowest BCUT2D eigenvalue weighted by Gasteiger charge is -2.13. The molecule has 5 N–H and O–H groups in total. The van der Waals surface area contributed by atoms with E-state index in [1.54, 1.807) is 18.2 Å². The topological polar surface area (TPSA) is 129 Å². The normalized spacial score (nSPS) is 10.5. The smallest absolute Gasteiger partial charge is 0.234 e. The third kappa shape index (κ3) is 5.48. The van der Waals surface area contributed by atoms with Gasteiger partial charge in [-0.25, -0.2) is 0 Å². The summed E-state index contributed by atoms with van der Waals surface area (Å²) >= 11 is 7.15. The second-order valence-electron chi connectivity index (χ2n) is 5.73. The molecule has 3 aromatic rings. The van der Waals surface area contributed by atoms with Gasteiger partial charge in [0.2, 0.25) is 17.8 Å². The summed E-state index contributed by atoms with van der Waals surface area (Å²) in [6, 6.07) is 12.6. The standard InChI is InChI=1S/C18H17ClN6O2S/c1-10-2-5-12(6-3-10)27-14-7-4-11(19)8-13(14)22-15(26)9-28-18-24-16(20)23-17(21)25-18/h2-8H,9H2,1H3,(H,22,26)(H4,20,21,23,24,25). The maximum Gasteiger partial charge on any atom is 0.234 e. The van der Waals surface area contributed by atoms with Gasteiger partial charge in [0.05, 0.1) is 11.4 Å². The van der Waals surface area contributed by atoms with Gasteiger partial charge in [0.25, 0.3) is 0 Å². The Morgan fingerprint density at radius 3 is 2.46 bits per heavy atom. The van der Waals surface area contributed by atoms with Crippen molar-refractivity contribution < 1.29 is 9.53 Å². The van der Waals surface area contributed by atoms with Gasteiger partial charge >= 0.3 is 0 Å². The number of carbonyl (C=O) groups excluding carboxylic acids is 1. The number of benzene rings is 2. The van der Waals surface area contributed by atoms with Gasteiger partial charge in [-0.15, -0.1) is 0 Å². The fourth-order valence-corrected chi connectivity index (χ4v) is 3.01. The average molecular weight is 417 g/mol. The largest absolute Gasteiger partial charge is 0.455 e. The lowest BCUT2D eigenvalue weighted by atomic mass is 10.2. The van der Waals surface area contributed by atoms with Crippen LogP contribution in [-0.2, 0) is 4.79 Å². The molecule has 0 unspecified atom stereocenters. The second-order valence-corrected chi connectivity index (χ2v) is 7.11. The summed E-state index contributed by atoms with van der Waals surface area (Å²) in [6.07, 6.45) is 0. The first-order valence-corrected chi connectivity index (χ1v) is 9.49. The Bertz CT molecular complexity index is 980. The van der Waals surface area contributed by atoms with Crippen LogP contribution < -0.4 is 21.5 Å². The zero-order valence-corrected chi connectivity index (χ0v) is 16.4. The quantitative estimate of drug-likeness (QED) is 0.520. The molecule has 1 amide bonds. The zero-order valence-electron chi connectivity index (χ0n) is 14.8. The number of hydrogen-bond acceptors (Lipinski definition) is 8. The molecule has 144 valence electrons. The maximum atomic E-state index is 12.4. The maximum absolute atomic E-state index is 12.4. The minimum Gasteiger partial charge on any atom is -0.455 e. The van der Waals surface area contributed by atoms with E-state index in [1.165, 1.54) is 0 Å². The fourth-order valence-electron chi connectivity index (χ4n) is 2.19. The number of amides is 1. The minimum absolute atomic E-state index is 0.000895. The highest BCUT2D eigenvalue weighted by molar-refractivity contribution is 7.99. The third-order valence-electron chi connectivity index (χ3n) is 3.45. The monoisotopic (exact) mass is 416 g/mol. The SMILES string of the molecule is Cc1ccc(Oc2ccc(Cl)cc2NC(=O)CSc2nc(N)nc(N)n2)cc1. The van der Waals surface area contributed by atoms with Gasteiger partial charge in [-0.3, -0.25) is 4.79 Å². The molecule has 10 heteroatoms. The van der Waals surface area contributed by atoms with Crippen LogP contribution in [0.1, 0.15) is 5.56 Å². The Kier molecular flexibility index (Phi) is 6.17. The average Bonchev–Trinajstić information content (AvgIpc) is 2.63. The van der Waals surface area contributed by atoms with Crippen LogP contribution in [0.15, 0.2) is 47.6 Å². The van der Waals surface area contributed by atoms with E-state index in [-0.39, 0.29) is 28.7 Å². The molecule has 1 aromatic heterocycles. The van der Waals surface area contributed by atoms with Crippen molar-refractivity contribution in [1.29, 1.82) is 0 Å².